The molecule has 5 rings (SSSR count). The van der Waals surface area contributed by atoms with E-state index in [1.807, 2.05) is 0 Å². The smallest absolute Gasteiger partial charge is 0.226 e. The number of nitrogens with one attached hydrogen (secondary N) is 1. The Morgan fingerprint density at radius 1 is 1.19 bits per heavy atom. The lowest BCUT2D eigenvalue weighted by molar-refractivity contribution is -0.0434. The summed E-state index contributed by atoms with van der Waals surface area (Å²) >= 11 is 6.12. The van der Waals surface area contributed by atoms with E-state index in [1.54, 1.807) is 0 Å². The summed E-state index contributed by atoms with van der Waals surface area (Å²) in [5.41, 5.74) is 0.959. The maximum Gasteiger partial charge on any atom is 0.226 e. The standard InChI is InChI=1S/C18H21ClN6O6/c19-18-22-15(21-8-2-1-3-9(8)27)11-16(23-18)25(6-20-11)17-13(29)12(28)14(30-17)10-4-7(5-26)24-31-10/h4,6,8-9,12-14,17,26-29H,1-3,5H2,(H,21,22,23)/t8-,9-,12-,13+,14+,17+/m0/s1. The van der Waals surface area contributed by atoms with Gasteiger partial charge in [0, 0.05) is 6.07 Å². The van der Waals surface area contributed by atoms with E-state index in [9.17, 15) is 15.3 Å². The van der Waals surface area contributed by atoms with Gasteiger partial charge in [0.1, 0.15) is 24.0 Å². The molecule has 1 saturated heterocycles. The first kappa shape index (κ1) is 20.5. The van der Waals surface area contributed by atoms with Crippen molar-refractivity contribution >= 4 is 28.6 Å². The van der Waals surface area contributed by atoms with E-state index in [-0.39, 0.29) is 29.4 Å². The Hall–Kier alpha value is -2.35. The zero-order chi connectivity index (χ0) is 21.7. The highest BCUT2D eigenvalue weighted by Gasteiger charge is 2.47. The second kappa shape index (κ2) is 7.97. The van der Waals surface area contributed by atoms with Gasteiger partial charge in [-0.05, 0) is 30.9 Å². The summed E-state index contributed by atoms with van der Waals surface area (Å²) in [6, 6.07) is 1.27. The highest BCUT2D eigenvalue weighted by atomic mass is 35.5. The van der Waals surface area contributed by atoms with E-state index in [2.05, 4.69) is 25.4 Å². The van der Waals surface area contributed by atoms with Crippen molar-refractivity contribution in [3.8, 4) is 0 Å². The quantitative estimate of drug-likeness (QED) is 0.336. The SMILES string of the molecule is OCc1cc([C@H]2O[C@@H](n3cnc4c(N[C@H]5CCC[C@@H]5O)nc(Cl)nc43)[C@H](O)[C@@H]2O)on1. The van der Waals surface area contributed by atoms with Crippen molar-refractivity contribution in [3.63, 3.8) is 0 Å². The molecule has 0 spiro atoms. The lowest BCUT2D eigenvalue weighted by Gasteiger charge is -2.18. The molecule has 0 aromatic carbocycles. The van der Waals surface area contributed by atoms with Crippen molar-refractivity contribution in [1.29, 1.82) is 0 Å². The second-order valence-corrected chi connectivity index (χ2v) is 8.06. The lowest BCUT2D eigenvalue weighted by Crippen LogP contribution is -2.29. The van der Waals surface area contributed by atoms with Crippen molar-refractivity contribution < 1.29 is 29.7 Å². The van der Waals surface area contributed by atoms with E-state index < -0.39 is 30.6 Å². The van der Waals surface area contributed by atoms with Gasteiger partial charge in [0.15, 0.2) is 29.0 Å². The van der Waals surface area contributed by atoms with Gasteiger partial charge in [-0.3, -0.25) is 4.57 Å². The average molecular weight is 453 g/mol. The molecular formula is C18H21ClN6O6. The van der Waals surface area contributed by atoms with E-state index in [4.69, 9.17) is 26.0 Å². The van der Waals surface area contributed by atoms with Gasteiger partial charge >= 0.3 is 0 Å². The van der Waals surface area contributed by atoms with Gasteiger partial charge in [0.05, 0.1) is 25.1 Å². The third kappa shape index (κ3) is 3.54. The van der Waals surface area contributed by atoms with Crippen LogP contribution in [0.15, 0.2) is 16.9 Å². The largest absolute Gasteiger partial charge is 0.391 e. The molecule has 1 aliphatic heterocycles. The van der Waals surface area contributed by atoms with Crippen LogP contribution >= 0.6 is 11.6 Å². The third-order valence-electron chi connectivity index (χ3n) is 5.73. The number of anilines is 1. The van der Waals surface area contributed by atoms with Gasteiger partial charge in [0.25, 0.3) is 0 Å². The van der Waals surface area contributed by atoms with Gasteiger partial charge in [-0.1, -0.05) is 5.16 Å². The molecule has 166 valence electrons. The van der Waals surface area contributed by atoms with Crippen molar-refractivity contribution in [2.45, 2.75) is 62.6 Å². The molecule has 0 bridgehead atoms. The first-order chi connectivity index (χ1) is 15.0. The summed E-state index contributed by atoms with van der Waals surface area (Å²) in [5, 5.41) is 47.2. The van der Waals surface area contributed by atoms with Crippen LogP contribution in [0.25, 0.3) is 11.2 Å². The van der Waals surface area contributed by atoms with Gasteiger partial charge in [-0.2, -0.15) is 9.97 Å². The zero-order valence-electron chi connectivity index (χ0n) is 16.2. The minimum Gasteiger partial charge on any atom is -0.391 e. The molecule has 0 radical (unpaired) electrons. The molecule has 2 aliphatic rings. The predicted octanol–water partition coefficient (Wildman–Crippen LogP) is 0.277. The molecule has 5 N–H and O–H groups in total. The number of aromatic nitrogens is 5. The highest BCUT2D eigenvalue weighted by molar-refractivity contribution is 6.28. The maximum atomic E-state index is 10.6. The number of ether oxygens (including phenoxy) is 1. The Morgan fingerprint density at radius 3 is 2.74 bits per heavy atom. The summed E-state index contributed by atoms with van der Waals surface area (Å²) in [7, 11) is 0. The number of aliphatic hydroxyl groups excluding tert-OH is 4. The fourth-order valence-corrected chi connectivity index (χ4v) is 4.29. The van der Waals surface area contributed by atoms with Crippen molar-refractivity contribution in [2.75, 3.05) is 5.32 Å². The molecule has 6 atom stereocenters. The van der Waals surface area contributed by atoms with Crippen molar-refractivity contribution in [3.05, 3.63) is 29.1 Å². The maximum absolute atomic E-state index is 10.6. The van der Waals surface area contributed by atoms with Crippen molar-refractivity contribution in [1.82, 2.24) is 24.7 Å². The Morgan fingerprint density at radius 2 is 2.03 bits per heavy atom. The Kier molecular flexibility index (Phi) is 5.28. The number of hydrogen-bond acceptors (Lipinski definition) is 11. The predicted molar refractivity (Wildman–Crippen MR) is 105 cm³/mol. The number of imidazole rings is 1. The Balaban J connectivity index is 1.47. The van der Waals surface area contributed by atoms with Crippen LogP contribution in [0, 0.1) is 0 Å². The zero-order valence-corrected chi connectivity index (χ0v) is 16.9. The second-order valence-electron chi connectivity index (χ2n) is 7.72. The number of rotatable bonds is 5. The highest BCUT2D eigenvalue weighted by Crippen LogP contribution is 2.40. The summed E-state index contributed by atoms with van der Waals surface area (Å²) < 4.78 is 12.4. The molecule has 0 amide bonds. The third-order valence-corrected chi connectivity index (χ3v) is 5.90. The van der Waals surface area contributed by atoms with Gasteiger partial charge in [-0.25, -0.2) is 4.98 Å². The number of halogens is 1. The molecule has 1 saturated carbocycles. The number of aliphatic hydroxyl groups is 4. The van der Waals surface area contributed by atoms with Gasteiger partial charge in [0.2, 0.25) is 5.28 Å². The summed E-state index contributed by atoms with van der Waals surface area (Å²) in [4.78, 5) is 12.8. The fourth-order valence-electron chi connectivity index (χ4n) is 4.12. The van der Waals surface area contributed by atoms with Crippen LogP contribution in [-0.2, 0) is 11.3 Å². The van der Waals surface area contributed by atoms with E-state index >= 15 is 0 Å². The molecule has 0 unspecified atom stereocenters. The van der Waals surface area contributed by atoms with Crippen LogP contribution in [0.4, 0.5) is 5.82 Å². The number of fused-ring (bicyclic) bond motifs is 1. The molecule has 4 heterocycles. The van der Waals surface area contributed by atoms with Gasteiger partial charge < -0.3 is 35.0 Å². The van der Waals surface area contributed by atoms with E-state index in [0.717, 1.165) is 12.8 Å². The molecule has 3 aromatic rings. The van der Waals surface area contributed by atoms with Crippen LogP contribution in [0.1, 0.15) is 43.0 Å². The summed E-state index contributed by atoms with van der Waals surface area (Å²) in [6.45, 7) is -0.328. The number of nitrogens with zero attached hydrogens (tertiary/aromatic N) is 5. The molecule has 3 aromatic heterocycles. The fraction of sp³-hybridized carbons (Fsp3) is 0.556. The Bertz CT molecular complexity index is 1090. The van der Waals surface area contributed by atoms with E-state index in [0.29, 0.717) is 23.4 Å². The molecule has 1 aliphatic carbocycles. The first-order valence-corrected chi connectivity index (χ1v) is 10.3. The van der Waals surface area contributed by atoms with Gasteiger partial charge in [-0.15, -0.1) is 0 Å². The molecule has 12 nitrogen and oxygen atoms in total. The topological polar surface area (TPSA) is 172 Å². The monoisotopic (exact) mass is 452 g/mol. The molecule has 2 fully saturated rings. The summed E-state index contributed by atoms with van der Waals surface area (Å²) in [5.74, 6) is 0.542. The molecule has 31 heavy (non-hydrogen) atoms. The lowest BCUT2D eigenvalue weighted by atomic mass is 10.1. The average Bonchev–Trinajstić information content (AvgIpc) is 3.52. The normalized spacial score (nSPS) is 31.0. The van der Waals surface area contributed by atoms with Crippen LogP contribution in [0.5, 0.6) is 0 Å². The minimum absolute atomic E-state index is 0.0448. The van der Waals surface area contributed by atoms with Crippen molar-refractivity contribution in [2.24, 2.45) is 0 Å². The molecule has 13 heteroatoms. The van der Waals surface area contributed by atoms with Crippen LogP contribution < -0.4 is 5.32 Å². The van der Waals surface area contributed by atoms with Crippen LogP contribution in [0.2, 0.25) is 5.28 Å². The summed E-state index contributed by atoms with van der Waals surface area (Å²) in [6.07, 6.45) is -1.38. The van der Waals surface area contributed by atoms with Crippen LogP contribution in [-0.4, -0.2) is 69.5 Å². The first-order valence-electron chi connectivity index (χ1n) is 9.89. The molecular weight excluding hydrogens is 432 g/mol. The number of hydrogen-bond donors (Lipinski definition) is 5. The van der Waals surface area contributed by atoms with Crippen LogP contribution in [0.3, 0.4) is 0 Å². The van der Waals surface area contributed by atoms with E-state index in [1.165, 1.54) is 17.0 Å². The Labute approximate surface area is 180 Å². The minimum atomic E-state index is -1.33.